The maximum atomic E-state index is 11.7. The molecular formula is C10H13N3O. The number of hydrogen-bond acceptors (Lipinski definition) is 3. The molecule has 1 aliphatic carbocycles. The molecule has 0 aromatic carbocycles. The molecule has 1 aromatic heterocycles. The Hall–Kier alpha value is -1.42. The van der Waals surface area contributed by atoms with Crippen LogP contribution in [0, 0.1) is 0 Å². The predicted molar refractivity (Wildman–Crippen MR) is 52.7 cm³/mol. The van der Waals surface area contributed by atoms with Crippen molar-refractivity contribution in [2.24, 2.45) is 5.73 Å². The quantitative estimate of drug-likeness (QED) is 0.722. The average molecular weight is 191 g/mol. The number of carbonyl (C=O) groups excluding carboxylic acids is 1. The van der Waals surface area contributed by atoms with Gasteiger partial charge in [-0.3, -0.25) is 9.78 Å². The number of amides is 1. The van der Waals surface area contributed by atoms with Gasteiger partial charge in [-0.1, -0.05) is 0 Å². The third-order valence-electron chi connectivity index (χ3n) is 2.57. The van der Waals surface area contributed by atoms with Crippen LogP contribution in [0.5, 0.6) is 0 Å². The van der Waals surface area contributed by atoms with E-state index in [1.807, 2.05) is 0 Å². The Labute approximate surface area is 82.5 Å². The Balaban J connectivity index is 2.03. The summed E-state index contributed by atoms with van der Waals surface area (Å²) in [5.74, 6) is -0.0599. The second-order valence-corrected chi connectivity index (χ2v) is 3.67. The van der Waals surface area contributed by atoms with Crippen molar-refractivity contribution in [2.45, 2.75) is 18.4 Å². The molecule has 2 rings (SSSR count). The molecule has 1 aromatic rings. The van der Waals surface area contributed by atoms with E-state index >= 15 is 0 Å². The summed E-state index contributed by atoms with van der Waals surface area (Å²) < 4.78 is 0. The molecule has 1 fully saturated rings. The van der Waals surface area contributed by atoms with Gasteiger partial charge in [0, 0.05) is 24.5 Å². The number of nitrogens with two attached hydrogens (primary N) is 1. The zero-order chi connectivity index (χ0) is 10.0. The highest BCUT2D eigenvalue weighted by Gasteiger charge is 2.42. The molecule has 4 heteroatoms. The van der Waals surface area contributed by atoms with Crippen LogP contribution < -0.4 is 11.1 Å². The maximum Gasteiger partial charge on any atom is 0.251 e. The van der Waals surface area contributed by atoms with Crippen molar-refractivity contribution in [3.63, 3.8) is 0 Å². The van der Waals surface area contributed by atoms with Gasteiger partial charge >= 0.3 is 0 Å². The molecule has 0 radical (unpaired) electrons. The molecule has 1 aliphatic rings. The van der Waals surface area contributed by atoms with Crippen LogP contribution >= 0.6 is 0 Å². The van der Waals surface area contributed by atoms with Crippen molar-refractivity contribution in [1.29, 1.82) is 0 Å². The normalized spacial score (nSPS) is 17.5. The summed E-state index contributed by atoms with van der Waals surface area (Å²) in [6.45, 7) is 0.518. The third kappa shape index (κ3) is 1.75. The van der Waals surface area contributed by atoms with E-state index in [0.717, 1.165) is 12.8 Å². The molecule has 0 spiro atoms. The maximum absolute atomic E-state index is 11.7. The van der Waals surface area contributed by atoms with Gasteiger partial charge in [0.25, 0.3) is 5.91 Å². The van der Waals surface area contributed by atoms with Gasteiger partial charge < -0.3 is 11.1 Å². The second kappa shape index (κ2) is 3.38. The number of hydrogen-bond donors (Lipinski definition) is 2. The minimum Gasteiger partial charge on any atom is -0.345 e. The molecule has 0 saturated heterocycles. The standard InChI is InChI=1S/C10H13N3O/c11-7-10(3-4-10)13-9(14)8-1-5-12-6-2-8/h1-2,5-6H,3-4,7,11H2,(H,13,14). The molecule has 3 N–H and O–H groups in total. The van der Waals surface area contributed by atoms with Gasteiger partial charge in [0.05, 0.1) is 5.54 Å². The highest BCUT2D eigenvalue weighted by molar-refractivity contribution is 5.94. The van der Waals surface area contributed by atoms with Gasteiger partial charge in [-0.2, -0.15) is 0 Å². The van der Waals surface area contributed by atoms with Crippen LogP contribution in [0.2, 0.25) is 0 Å². The molecule has 0 bridgehead atoms. The van der Waals surface area contributed by atoms with Crippen LogP contribution in [0.4, 0.5) is 0 Å². The lowest BCUT2D eigenvalue weighted by Crippen LogP contribution is -2.42. The lowest BCUT2D eigenvalue weighted by Gasteiger charge is -2.14. The van der Waals surface area contributed by atoms with E-state index in [1.54, 1.807) is 24.5 Å². The minimum absolute atomic E-state index is 0.0599. The topological polar surface area (TPSA) is 68.0 Å². The predicted octanol–water partition coefficient (Wildman–Crippen LogP) is 0.303. The van der Waals surface area contributed by atoms with Crippen LogP contribution in [-0.4, -0.2) is 23.0 Å². The second-order valence-electron chi connectivity index (χ2n) is 3.67. The number of carbonyl (C=O) groups is 1. The minimum atomic E-state index is -0.125. The highest BCUT2D eigenvalue weighted by atomic mass is 16.1. The Bertz CT molecular complexity index is 332. The first-order valence-corrected chi connectivity index (χ1v) is 4.68. The lowest BCUT2D eigenvalue weighted by molar-refractivity contribution is 0.0933. The molecule has 1 heterocycles. The fourth-order valence-electron chi connectivity index (χ4n) is 1.35. The van der Waals surface area contributed by atoms with Gasteiger partial charge in [-0.25, -0.2) is 0 Å². The third-order valence-corrected chi connectivity index (χ3v) is 2.57. The van der Waals surface area contributed by atoms with E-state index in [4.69, 9.17) is 5.73 Å². The smallest absolute Gasteiger partial charge is 0.251 e. The summed E-state index contributed by atoms with van der Waals surface area (Å²) in [6.07, 6.45) is 5.19. The van der Waals surface area contributed by atoms with Gasteiger partial charge in [-0.05, 0) is 25.0 Å². The average Bonchev–Trinajstić information content (AvgIpc) is 3.00. The highest BCUT2D eigenvalue weighted by Crippen LogP contribution is 2.34. The molecule has 1 amide bonds. The summed E-state index contributed by atoms with van der Waals surface area (Å²) >= 11 is 0. The van der Waals surface area contributed by atoms with Crippen molar-refractivity contribution in [3.8, 4) is 0 Å². The van der Waals surface area contributed by atoms with Crippen molar-refractivity contribution in [3.05, 3.63) is 30.1 Å². The monoisotopic (exact) mass is 191 g/mol. The summed E-state index contributed by atoms with van der Waals surface area (Å²) in [6, 6.07) is 3.39. The van der Waals surface area contributed by atoms with Crippen molar-refractivity contribution in [2.75, 3.05) is 6.54 Å². The van der Waals surface area contributed by atoms with E-state index < -0.39 is 0 Å². The van der Waals surface area contributed by atoms with E-state index in [0.29, 0.717) is 12.1 Å². The van der Waals surface area contributed by atoms with E-state index in [2.05, 4.69) is 10.3 Å². The van der Waals surface area contributed by atoms with Gasteiger partial charge in [0.2, 0.25) is 0 Å². The lowest BCUT2D eigenvalue weighted by atomic mass is 10.2. The molecule has 4 nitrogen and oxygen atoms in total. The first kappa shape index (κ1) is 9.15. The Morgan fingerprint density at radius 1 is 1.50 bits per heavy atom. The number of nitrogens with one attached hydrogen (secondary N) is 1. The Morgan fingerprint density at radius 2 is 2.14 bits per heavy atom. The fourth-order valence-corrected chi connectivity index (χ4v) is 1.35. The largest absolute Gasteiger partial charge is 0.345 e. The van der Waals surface area contributed by atoms with Crippen LogP contribution in [-0.2, 0) is 0 Å². The molecule has 0 atom stereocenters. The van der Waals surface area contributed by atoms with Gasteiger partial charge in [0.1, 0.15) is 0 Å². The zero-order valence-electron chi connectivity index (χ0n) is 7.86. The summed E-state index contributed by atoms with van der Waals surface area (Å²) in [4.78, 5) is 15.5. The van der Waals surface area contributed by atoms with Crippen LogP contribution in [0.25, 0.3) is 0 Å². The van der Waals surface area contributed by atoms with Crippen molar-refractivity contribution in [1.82, 2.24) is 10.3 Å². The van der Waals surface area contributed by atoms with E-state index in [-0.39, 0.29) is 11.4 Å². The van der Waals surface area contributed by atoms with Gasteiger partial charge in [0.15, 0.2) is 0 Å². The zero-order valence-corrected chi connectivity index (χ0v) is 7.86. The molecule has 1 saturated carbocycles. The van der Waals surface area contributed by atoms with Crippen LogP contribution in [0.1, 0.15) is 23.2 Å². The van der Waals surface area contributed by atoms with Crippen LogP contribution in [0.3, 0.4) is 0 Å². The first-order chi connectivity index (χ1) is 6.76. The SMILES string of the molecule is NCC1(NC(=O)c2ccncc2)CC1. The number of aromatic nitrogens is 1. The molecule has 0 aliphatic heterocycles. The first-order valence-electron chi connectivity index (χ1n) is 4.68. The van der Waals surface area contributed by atoms with Gasteiger partial charge in [-0.15, -0.1) is 0 Å². The summed E-state index contributed by atoms with van der Waals surface area (Å²) in [7, 11) is 0. The molecule has 0 unspecified atom stereocenters. The van der Waals surface area contributed by atoms with Crippen molar-refractivity contribution < 1.29 is 4.79 Å². The Kier molecular flexibility index (Phi) is 2.21. The molecule has 74 valence electrons. The number of rotatable bonds is 3. The van der Waals surface area contributed by atoms with E-state index in [1.165, 1.54) is 0 Å². The summed E-state index contributed by atoms with van der Waals surface area (Å²) in [5, 5.41) is 2.94. The number of nitrogens with zero attached hydrogens (tertiary/aromatic N) is 1. The Morgan fingerprint density at radius 3 is 2.64 bits per heavy atom. The summed E-state index contributed by atoms with van der Waals surface area (Å²) in [5.41, 5.74) is 6.08. The van der Waals surface area contributed by atoms with Crippen molar-refractivity contribution >= 4 is 5.91 Å². The molecular weight excluding hydrogens is 178 g/mol. The van der Waals surface area contributed by atoms with Crippen LogP contribution in [0.15, 0.2) is 24.5 Å². The number of pyridine rings is 1. The van der Waals surface area contributed by atoms with E-state index in [9.17, 15) is 4.79 Å². The fraction of sp³-hybridized carbons (Fsp3) is 0.400. The molecule has 14 heavy (non-hydrogen) atoms.